The summed E-state index contributed by atoms with van der Waals surface area (Å²) in [7, 11) is 0. The largest absolute Gasteiger partial charge is 0.339 e. The molecule has 0 aliphatic heterocycles. The Kier molecular flexibility index (Phi) is 4.53. The van der Waals surface area contributed by atoms with Crippen molar-refractivity contribution in [3.8, 4) is 6.07 Å². The van der Waals surface area contributed by atoms with E-state index < -0.39 is 0 Å². The number of halogens is 1. The summed E-state index contributed by atoms with van der Waals surface area (Å²) in [5.41, 5.74) is 1.09. The highest BCUT2D eigenvalue weighted by atomic mass is 35.5. The summed E-state index contributed by atoms with van der Waals surface area (Å²) in [5.74, 6) is 1.47. The molecule has 98 valence electrons. The van der Waals surface area contributed by atoms with Crippen LogP contribution in [-0.2, 0) is 12.8 Å². The van der Waals surface area contributed by atoms with Crippen LogP contribution in [0.1, 0.15) is 30.6 Å². The zero-order chi connectivity index (χ0) is 13.7. The van der Waals surface area contributed by atoms with Gasteiger partial charge < -0.3 is 4.52 Å². The Balaban J connectivity index is 1.97. The van der Waals surface area contributed by atoms with Crippen LogP contribution in [0.4, 0.5) is 0 Å². The van der Waals surface area contributed by atoms with E-state index in [4.69, 9.17) is 21.4 Å². The fourth-order valence-corrected chi connectivity index (χ4v) is 1.88. The third-order valence-corrected chi connectivity index (χ3v) is 3.00. The van der Waals surface area contributed by atoms with Crippen LogP contribution < -0.4 is 0 Å². The summed E-state index contributed by atoms with van der Waals surface area (Å²) in [5, 5.41) is 13.3. The first-order chi connectivity index (χ1) is 9.17. The molecule has 1 heterocycles. The first kappa shape index (κ1) is 13.6. The maximum atomic E-state index is 8.61. The molecule has 0 spiro atoms. The molecular weight excluding hydrogens is 262 g/mol. The Labute approximate surface area is 117 Å². The fraction of sp³-hybridized carbons (Fsp3) is 0.357. The molecule has 0 fully saturated rings. The number of hydrogen-bond donors (Lipinski definition) is 0. The fourth-order valence-electron chi connectivity index (χ4n) is 1.76. The van der Waals surface area contributed by atoms with Gasteiger partial charge in [-0.2, -0.15) is 10.2 Å². The summed E-state index contributed by atoms with van der Waals surface area (Å²) in [4.78, 5) is 4.33. The molecule has 1 aromatic heterocycles. The zero-order valence-corrected chi connectivity index (χ0v) is 11.4. The van der Waals surface area contributed by atoms with Crippen LogP contribution >= 0.6 is 11.6 Å². The summed E-state index contributed by atoms with van der Waals surface area (Å²) >= 11 is 5.83. The minimum absolute atomic E-state index is 0.230. The zero-order valence-electron chi connectivity index (χ0n) is 10.6. The second-order valence-corrected chi connectivity index (χ2v) is 5.02. The molecule has 4 nitrogen and oxygen atoms in total. The van der Waals surface area contributed by atoms with Crippen LogP contribution in [0.15, 0.2) is 28.8 Å². The summed E-state index contributed by atoms with van der Waals surface area (Å²) in [6, 6.07) is 9.70. The van der Waals surface area contributed by atoms with E-state index in [1.807, 2.05) is 31.2 Å². The summed E-state index contributed by atoms with van der Waals surface area (Å²) in [6.07, 6.45) is 1.75. The van der Waals surface area contributed by atoms with Crippen LogP contribution in [0, 0.1) is 17.2 Å². The van der Waals surface area contributed by atoms with Gasteiger partial charge in [0.15, 0.2) is 5.82 Å². The lowest BCUT2D eigenvalue weighted by atomic mass is 10.1. The van der Waals surface area contributed by atoms with E-state index in [1.165, 1.54) is 0 Å². The molecule has 0 saturated heterocycles. The van der Waals surface area contributed by atoms with Gasteiger partial charge in [-0.15, -0.1) is 0 Å². The average molecular weight is 276 g/mol. The van der Waals surface area contributed by atoms with Gasteiger partial charge >= 0.3 is 0 Å². The molecule has 1 unspecified atom stereocenters. The van der Waals surface area contributed by atoms with Crippen LogP contribution in [0.25, 0.3) is 0 Å². The van der Waals surface area contributed by atoms with E-state index in [0.29, 0.717) is 36.0 Å². The summed E-state index contributed by atoms with van der Waals surface area (Å²) in [6.45, 7) is 1.99. The maximum absolute atomic E-state index is 8.61. The number of hydrogen-bond acceptors (Lipinski definition) is 4. The van der Waals surface area contributed by atoms with Crippen molar-refractivity contribution < 1.29 is 4.52 Å². The Bertz CT molecular complexity index is 571. The minimum Gasteiger partial charge on any atom is -0.339 e. The molecule has 5 heteroatoms. The van der Waals surface area contributed by atoms with Gasteiger partial charge in [0.25, 0.3) is 0 Å². The van der Waals surface area contributed by atoms with E-state index in [1.54, 1.807) is 0 Å². The molecule has 0 aliphatic rings. The van der Waals surface area contributed by atoms with Crippen molar-refractivity contribution >= 4 is 11.6 Å². The van der Waals surface area contributed by atoms with Crippen LogP contribution in [0.5, 0.6) is 0 Å². The van der Waals surface area contributed by atoms with E-state index in [-0.39, 0.29) is 5.92 Å². The molecule has 19 heavy (non-hydrogen) atoms. The lowest BCUT2D eigenvalue weighted by Crippen LogP contribution is -1.99. The minimum atomic E-state index is 0.230. The van der Waals surface area contributed by atoms with E-state index in [2.05, 4.69) is 16.2 Å². The van der Waals surface area contributed by atoms with Gasteiger partial charge in [0.05, 0.1) is 6.07 Å². The number of aromatic nitrogens is 2. The van der Waals surface area contributed by atoms with Crippen LogP contribution in [-0.4, -0.2) is 10.1 Å². The smallest absolute Gasteiger partial charge is 0.226 e. The number of nitriles is 1. The molecule has 1 atom stereocenters. The molecule has 0 bridgehead atoms. The van der Waals surface area contributed by atoms with Gasteiger partial charge in [-0.3, -0.25) is 0 Å². The predicted octanol–water partition coefficient (Wildman–Crippen LogP) is 3.41. The van der Waals surface area contributed by atoms with Crippen LogP contribution in [0.3, 0.4) is 0 Å². The average Bonchev–Trinajstić information content (AvgIpc) is 2.80. The number of nitrogens with zero attached hydrogens (tertiary/aromatic N) is 3. The Morgan fingerprint density at radius 3 is 2.79 bits per heavy atom. The quantitative estimate of drug-likeness (QED) is 0.839. The third-order valence-electron chi connectivity index (χ3n) is 2.75. The monoisotopic (exact) mass is 275 g/mol. The lowest BCUT2D eigenvalue weighted by molar-refractivity contribution is 0.355. The highest BCUT2D eigenvalue weighted by molar-refractivity contribution is 6.30. The normalized spacial score (nSPS) is 12.1. The van der Waals surface area contributed by atoms with Gasteiger partial charge in [0.2, 0.25) is 5.89 Å². The van der Waals surface area contributed by atoms with E-state index in [9.17, 15) is 0 Å². The third kappa shape index (κ3) is 4.08. The topological polar surface area (TPSA) is 62.7 Å². The summed E-state index contributed by atoms with van der Waals surface area (Å²) < 4.78 is 5.18. The Morgan fingerprint density at radius 1 is 1.37 bits per heavy atom. The van der Waals surface area contributed by atoms with Gasteiger partial charge in [0.1, 0.15) is 0 Å². The first-order valence-electron chi connectivity index (χ1n) is 6.10. The lowest BCUT2D eigenvalue weighted by Gasteiger charge is -2.00. The number of rotatable bonds is 5. The van der Waals surface area contributed by atoms with Crippen LogP contribution in [0.2, 0.25) is 5.02 Å². The highest BCUT2D eigenvalue weighted by Crippen LogP contribution is 2.14. The standard InChI is InChI=1S/C14H14ClN3O/c1-10(6-7-16)8-14-17-13(18-19-14)9-11-2-4-12(15)5-3-11/h2-5,10H,6,8-9H2,1H3. The Hall–Kier alpha value is -1.86. The number of benzene rings is 1. The van der Waals surface area contributed by atoms with Crippen molar-refractivity contribution in [3.63, 3.8) is 0 Å². The van der Waals surface area contributed by atoms with Gasteiger partial charge in [-0.05, 0) is 23.6 Å². The van der Waals surface area contributed by atoms with Crippen molar-refractivity contribution in [2.24, 2.45) is 5.92 Å². The van der Waals surface area contributed by atoms with Crippen molar-refractivity contribution in [2.75, 3.05) is 0 Å². The predicted molar refractivity (Wildman–Crippen MR) is 71.7 cm³/mol. The van der Waals surface area contributed by atoms with Crippen molar-refractivity contribution in [1.82, 2.24) is 10.1 Å². The molecule has 0 saturated carbocycles. The van der Waals surface area contributed by atoms with Gasteiger partial charge in [0, 0.05) is 24.3 Å². The van der Waals surface area contributed by atoms with E-state index in [0.717, 1.165) is 5.56 Å². The molecule has 2 rings (SSSR count). The highest BCUT2D eigenvalue weighted by Gasteiger charge is 2.11. The SMILES string of the molecule is CC(CC#N)Cc1nc(Cc2ccc(Cl)cc2)no1. The van der Waals surface area contributed by atoms with Gasteiger partial charge in [-0.1, -0.05) is 35.8 Å². The maximum Gasteiger partial charge on any atom is 0.226 e. The van der Waals surface area contributed by atoms with E-state index >= 15 is 0 Å². The Morgan fingerprint density at radius 2 is 2.11 bits per heavy atom. The van der Waals surface area contributed by atoms with Crippen molar-refractivity contribution in [3.05, 3.63) is 46.6 Å². The molecular formula is C14H14ClN3O. The molecule has 0 aliphatic carbocycles. The second kappa shape index (κ2) is 6.35. The van der Waals surface area contributed by atoms with Gasteiger partial charge in [-0.25, -0.2) is 0 Å². The van der Waals surface area contributed by atoms with Crippen molar-refractivity contribution in [1.29, 1.82) is 5.26 Å². The van der Waals surface area contributed by atoms with Crippen molar-refractivity contribution in [2.45, 2.75) is 26.2 Å². The molecule has 0 N–H and O–H groups in total. The molecule has 2 aromatic rings. The molecule has 1 aromatic carbocycles. The molecule has 0 amide bonds. The molecule has 0 radical (unpaired) electrons. The first-order valence-corrected chi connectivity index (χ1v) is 6.48. The second-order valence-electron chi connectivity index (χ2n) is 4.58.